The summed E-state index contributed by atoms with van der Waals surface area (Å²) >= 11 is 0. The van der Waals surface area contributed by atoms with Crippen molar-refractivity contribution in [3.05, 3.63) is 35.3 Å². The quantitative estimate of drug-likeness (QED) is 0.765. The Bertz CT molecular complexity index is 654. The molecule has 0 radical (unpaired) electrons. The van der Waals surface area contributed by atoms with Gasteiger partial charge in [0.1, 0.15) is 6.07 Å². The Balaban J connectivity index is 2.47. The third-order valence-electron chi connectivity index (χ3n) is 2.57. The van der Waals surface area contributed by atoms with Gasteiger partial charge in [0.05, 0.1) is 0 Å². The van der Waals surface area contributed by atoms with Crippen molar-refractivity contribution >= 4 is 16.9 Å². The van der Waals surface area contributed by atoms with Crippen LogP contribution >= 0.6 is 0 Å². The molecule has 1 aromatic heterocycles. The number of aryl methyl sites for hydroxylation is 1. The summed E-state index contributed by atoms with van der Waals surface area (Å²) in [7, 11) is 0. The molecular formula is C13H10FNO3. The zero-order valence-electron chi connectivity index (χ0n) is 9.86. The molecule has 0 saturated carbocycles. The fourth-order valence-corrected chi connectivity index (χ4v) is 1.64. The van der Waals surface area contributed by atoms with E-state index in [0.29, 0.717) is 10.9 Å². The highest BCUT2D eigenvalue weighted by Gasteiger charge is 2.22. The van der Waals surface area contributed by atoms with Crippen LogP contribution in [0.3, 0.4) is 0 Å². The minimum Gasteiger partial charge on any atom is -0.446 e. The van der Waals surface area contributed by atoms with Gasteiger partial charge < -0.3 is 9.15 Å². The van der Waals surface area contributed by atoms with Gasteiger partial charge in [0, 0.05) is 10.9 Å². The molecule has 0 aliphatic rings. The SMILES string of the molecule is Cc1c(C(=O)OC(C)C#N)oc2c(F)cccc12. The second-order valence-electron chi connectivity index (χ2n) is 3.85. The lowest BCUT2D eigenvalue weighted by atomic mass is 10.1. The van der Waals surface area contributed by atoms with E-state index in [1.165, 1.54) is 19.1 Å². The van der Waals surface area contributed by atoms with Crippen molar-refractivity contribution in [3.8, 4) is 6.07 Å². The van der Waals surface area contributed by atoms with Crippen molar-refractivity contribution in [2.24, 2.45) is 0 Å². The number of nitrogens with zero attached hydrogens (tertiary/aromatic N) is 1. The van der Waals surface area contributed by atoms with E-state index in [9.17, 15) is 9.18 Å². The van der Waals surface area contributed by atoms with Crippen LogP contribution in [0, 0.1) is 24.1 Å². The number of fused-ring (bicyclic) bond motifs is 1. The van der Waals surface area contributed by atoms with E-state index in [1.807, 2.05) is 0 Å². The van der Waals surface area contributed by atoms with Gasteiger partial charge in [-0.15, -0.1) is 0 Å². The van der Waals surface area contributed by atoms with E-state index in [-0.39, 0.29) is 11.3 Å². The van der Waals surface area contributed by atoms with Crippen LogP contribution in [-0.4, -0.2) is 12.1 Å². The Morgan fingerprint density at radius 1 is 1.56 bits per heavy atom. The number of hydrogen-bond acceptors (Lipinski definition) is 4. The van der Waals surface area contributed by atoms with Crippen LogP contribution in [-0.2, 0) is 4.74 Å². The average Bonchev–Trinajstić information content (AvgIpc) is 2.69. The van der Waals surface area contributed by atoms with Gasteiger partial charge in [0.25, 0.3) is 0 Å². The van der Waals surface area contributed by atoms with E-state index in [0.717, 1.165) is 0 Å². The summed E-state index contributed by atoms with van der Waals surface area (Å²) in [5, 5.41) is 9.09. The first-order valence-corrected chi connectivity index (χ1v) is 5.32. The number of rotatable bonds is 2. The number of para-hydroxylation sites is 1. The molecular weight excluding hydrogens is 237 g/mol. The second kappa shape index (κ2) is 4.49. The summed E-state index contributed by atoms with van der Waals surface area (Å²) in [6.45, 7) is 3.08. The summed E-state index contributed by atoms with van der Waals surface area (Å²) in [4.78, 5) is 11.7. The normalized spacial score (nSPS) is 12.1. The van der Waals surface area contributed by atoms with Crippen molar-refractivity contribution in [2.75, 3.05) is 0 Å². The molecule has 18 heavy (non-hydrogen) atoms. The average molecular weight is 247 g/mol. The number of benzene rings is 1. The van der Waals surface area contributed by atoms with Gasteiger partial charge in [0.15, 0.2) is 17.5 Å². The molecule has 0 fully saturated rings. The molecule has 0 N–H and O–H groups in total. The molecule has 5 heteroatoms. The number of nitriles is 1. The Morgan fingerprint density at radius 2 is 2.28 bits per heavy atom. The zero-order chi connectivity index (χ0) is 13.3. The number of furan rings is 1. The summed E-state index contributed by atoms with van der Waals surface area (Å²) in [5.74, 6) is -1.38. The standard InChI is InChI=1S/C13H10FNO3/c1-7(6-15)17-13(16)11-8(2)9-4-3-5-10(14)12(9)18-11/h3-5,7H,1-2H3. The van der Waals surface area contributed by atoms with Gasteiger partial charge in [-0.1, -0.05) is 12.1 Å². The molecule has 0 amide bonds. The Hall–Kier alpha value is -2.35. The number of esters is 1. The third-order valence-corrected chi connectivity index (χ3v) is 2.57. The maximum Gasteiger partial charge on any atom is 0.375 e. The fraction of sp³-hybridized carbons (Fsp3) is 0.231. The van der Waals surface area contributed by atoms with Gasteiger partial charge in [-0.25, -0.2) is 9.18 Å². The van der Waals surface area contributed by atoms with Gasteiger partial charge >= 0.3 is 5.97 Å². The second-order valence-corrected chi connectivity index (χ2v) is 3.85. The molecule has 0 aliphatic carbocycles. The molecule has 1 unspecified atom stereocenters. The van der Waals surface area contributed by atoms with Crippen molar-refractivity contribution in [1.82, 2.24) is 0 Å². The van der Waals surface area contributed by atoms with E-state index < -0.39 is 17.9 Å². The van der Waals surface area contributed by atoms with E-state index >= 15 is 0 Å². The van der Waals surface area contributed by atoms with Crippen LogP contribution < -0.4 is 0 Å². The van der Waals surface area contributed by atoms with Gasteiger partial charge in [0.2, 0.25) is 5.76 Å². The van der Waals surface area contributed by atoms with Crippen molar-refractivity contribution in [3.63, 3.8) is 0 Å². The van der Waals surface area contributed by atoms with E-state index in [4.69, 9.17) is 14.4 Å². The molecule has 2 aromatic rings. The highest BCUT2D eigenvalue weighted by Crippen LogP contribution is 2.27. The molecule has 0 bridgehead atoms. The largest absolute Gasteiger partial charge is 0.446 e. The number of hydrogen-bond donors (Lipinski definition) is 0. The van der Waals surface area contributed by atoms with Crippen LogP contribution in [0.15, 0.2) is 22.6 Å². The number of ether oxygens (including phenoxy) is 1. The Morgan fingerprint density at radius 3 is 2.89 bits per heavy atom. The predicted molar refractivity (Wildman–Crippen MR) is 61.4 cm³/mol. The highest BCUT2D eigenvalue weighted by molar-refractivity contribution is 5.96. The van der Waals surface area contributed by atoms with Gasteiger partial charge in [-0.3, -0.25) is 0 Å². The first-order valence-electron chi connectivity index (χ1n) is 5.32. The van der Waals surface area contributed by atoms with E-state index in [1.54, 1.807) is 19.1 Å². The lowest BCUT2D eigenvalue weighted by molar-refractivity contribution is 0.0400. The summed E-state index contributed by atoms with van der Waals surface area (Å²) in [6, 6.07) is 6.21. The minimum atomic E-state index is -0.880. The molecule has 1 heterocycles. The van der Waals surface area contributed by atoms with E-state index in [2.05, 4.69) is 0 Å². The molecule has 0 spiro atoms. The molecule has 4 nitrogen and oxygen atoms in total. The zero-order valence-corrected chi connectivity index (χ0v) is 9.86. The maximum atomic E-state index is 13.5. The minimum absolute atomic E-state index is 0.0200. The molecule has 1 atom stereocenters. The summed E-state index contributed by atoms with van der Waals surface area (Å²) in [6.07, 6.45) is -0.880. The van der Waals surface area contributed by atoms with Gasteiger partial charge in [-0.2, -0.15) is 5.26 Å². The summed E-state index contributed by atoms with van der Waals surface area (Å²) < 4.78 is 23.5. The van der Waals surface area contributed by atoms with Crippen molar-refractivity contribution in [1.29, 1.82) is 5.26 Å². The number of carbonyl (C=O) groups excluding carboxylic acids is 1. The molecule has 0 aliphatic heterocycles. The van der Waals surface area contributed by atoms with Crippen LogP contribution in [0.1, 0.15) is 23.0 Å². The smallest absolute Gasteiger partial charge is 0.375 e. The topological polar surface area (TPSA) is 63.2 Å². The summed E-state index contributed by atoms with van der Waals surface area (Å²) in [5.41, 5.74) is 0.520. The van der Waals surface area contributed by atoms with Crippen LogP contribution in [0.2, 0.25) is 0 Å². The van der Waals surface area contributed by atoms with Crippen LogP contribution in [0.25, 0.3) is 11.0 Å². The lowest BCUT2D eigenvalue weighted by Crippen LogP contribution is -2.13. The monoisotopic (exact) mass is 247 g/mol. The Labute approximate surface area is 103 Å². The molecule has 92 valence electrons. The molecule has 0 saturated heterocycles. The predicted octanol–water partition coefficient (Wildman–Crippen LogP) is 2.95. The lowest BCUT2D eigenvalue weighted by Gasteiger charge is -2.03. The van der Waals surface area contributed by atoms with Crippen molar-refractivity contribution < 1.29 is 18.3 Å². The highest BCUT2D eigenvalue weighted by atomic mass is 19.1. The molecule has 1 aromatic carbocycles. The van der Waals surface area contributed by atoms with Crippen molar-refractivity contribution in [2.45, 2.75) is 20.0 Å². The number of halogens is 1. The molecule has 2 rings (SSSR count). The third kappa shape index (κ3) is 1.93. The first kappa shape index (κ1) is 12.1. The van der Waals surface area contributed by atoms with Gasteiger partial charge in [-0.05, 0) is 19.9 Å². The first-order chi connectivity index (χ1) is 8.54. The number of carbonyl (C=O) groups is 1. The van der Waals surface area contributed by atoms with Crippen LogP contribution in [0.5, 0.6) is 0 Å². The maximum absolute atomic E-state index is 13.5. The van der Waals surface area contributed by atoms with Crippen LogP contribution in [0.4, 0.5) is 4.39 Å². The Kier molecular flexibility index (Phi) is 3.02. The fourth-order valence-electron chi connectivity index (χ4n) is 1.64.